The molecule has 1 N–H and O–H groups in total. The molecule has 1 aromatic rings. The van der Waals surface area contributed by atoms with Crippen molar-refractivity contribution in [1.82, 2.24) is 10.2 Å². The standard InChI is InChI=1S/C13H16N2O2/c1-13(11(16)15(2)12(17)14-13)9-8-10-6-4-3-5-7-10/h3-7H,8-9H2,1-2H3,(H,14,17). The molecule has 1 atom stereocenters. The Balaban J connectivity index is 2.04. The summed E-state index contributed by atoms with van der Waals surface area (Å²) in [4.78, 5) is 24.5. The maximum Gasteiger partial charge on any atom is 0.324 e. The molecule has 3 amide bonds. The second-order valence-corrected chi connectivity index (χ2v) is 4.61. The van der Waals surface area contributed by atoms with Crippen LogP contribution >= 0.6 is 0 Å². The fourth-order valence-corrected chi connectivity index (χ4v) is 2.04. The number of hydrogen-bond acceptors (Lipinski definition) is 2. The molecule has 17 heavy (non-hydrogen) atoms. The van der Waals surface area contributed by atoms with E-state index in [0.29, 0.717) is 6.42 Å². The fourth-order valence-electron chi connectivity index (χ4n) is 2.04. The predicted octanol–water partition coefficient (Wildman–Crippen LogP) is 1.56. The molecule has 1 aromatic carbocycles. The Labute approximate surface area is 101 Å². The topological polar surface area (TPSA) is 49.4 Å². The highest BCUT2D eigenvalue weighted by atomic mass is 16.2. The van der Waals surface area contributed by atoms with Crippen LogP contribution in [0.4, 0.5) is 4.79 Å². The van der Waals surface area contributed by atoms with Gasteiger partial charge in [-0.25, -0.2) is 4.79 Å². The number of nitrogens with one attached hydrogen (secondary N) is 1. The Hall–Kier alpha value is -1.84. The molecule has 1 aliphatic heterocycles. The first-order valence-electron chi connectivity index (χ1n) is 5.67. The summed E-state index contributed by atoms with van der Waals surface area (Å²) in [6.45, 7) is 1.78. The summed E-state index contributed by atoms with van der Waals surface area (Å²) in [6.07, 6.45) is 1.39. The molecular formula is C13H16N2O2. The number of aryl methyl sites for hydroxylation is 1. The summed E-state index contributed by atoms with van der Waals surface area (Å²) >= 11 is 0. The van der Waals surface area contributed by atoms with Crippen LogP contribution in [0.15, 0.2) is 30.3 Å². The summed E-state index contributed by atoms with van der Waals surface area (Å²) in [7, 11) is 1.51. The van der Waals surface area contributed by atoms with Crippen molar-refractivity contribution in [2.24, 2.45) is 0 Å². The van der Waals surface area contributed by atoms with Gasteiger partial charge in [-0.3, -0.25) is 9.69 Å². The SMILES string of the molecule is CN1C(=O)NC(C)(CCc2ccccc2)C1=O. The number of benzene rings is 1. The summed E-state index contributed by atoms with van der Waals surface area (Å²) in [5.74, 6) is -0.154. The first-order valence-corrected chi connectivity index (χ1v) is 5.67. The molecule has 1 heterocycles. The monoisotopic (exact) mass is 232 g/mol. The summed E-state index contributed by atoms with van der Waals surface area (Å²) in [5, 5.41) is 2.74. The number of amides is 3. The van der Waals surface area contributed by atoms with Crippen LogP contribution in [0.1, 0.15) is 18.9 Å². The molecule has 1 fully saturated rings. The minimum Gasteiger partial charge on any atom is -0.323 e. The number of carbonyl (C=O) groups excluding carboxylic acids is 2. The minimum absolute atomic E-state index is 0.154. The van der Waals surface area contributed by atoms with E-state index in [1.165, 1.54) is 12.6 Å². The number of urea groups is 1. The molecule has 4 heteroatoms. The predicted molar refractivity (Wildman–Crippen MR) is 64.5 cm³/mol. The number of hydrogen-bond donors (Lipinski definition) is 1. The van der Waals surface area contributed by atoms with E-state index in [1.807, 2.05) is 30.3 Å². The largest absolute Gasteiger partial charge is 0.324 e. The average Bonchev–Trinajstić information content (AvgIpc) is 2.53. The second-order valence-electron chi connectivity index (χ2n) is 4.61. The van der Waals surface area contributed by atoms with Crippen molar-refractivity contribution >= 4 is 11.9 Å². The van der Waals surface area contributed by atoms with Crippen LogP contribution in [-0.2, 0) is 11.2 Å². The lowest BCUT2D eigenvalue weighted by molar-refractivity contribution is -0.130. The molecule has 90 valence electrons. The van der Waals surface area contributed by atoms with Gasteiger partial charge in [0.25, 0.3) is 5.91 Å². The Bertz CT molecular complexity index is 444. The lowest BCUT2D eigenvalue weighted by Crippen LogP contribution is -2.44. The maximum atomic E-state index is 11.9. The van der Waals surface area contributed by atoms with E-state index in [9.17, 15) is 9.59 Å². The van der Waals surface area contributed by atoms with Gasteiger partial charge in [0.05, 0.1) is 0 Å². The van der Waals surface area contributed by atoms with Crippen molar-refractivity contribution in [1.29, 1.82) is 0 Å². The molecule has 0 radical (unpaired) electrons. The Morgan fingerprint density at radius 1 is 1.24 bits per heavy atom. The van der Waals surface area contributed by atoms with Gasteiger partial charge in [-0.05, 0) is 25.3 Å². The molecule has 0 aromatic heterocycles. The number of rotatable bonds is 3. The van der Waals surface area contributed by atoms with Crippen molar-refractivity contribution in [2.75, 3.05) is 7.05 Å². The van der Waals surface area contributed by atoms with Crippen LogP contribution in [0, 0.1) is 0 Å². The van der Waals surface area contributed by atoms with Gasteiger partial charge in [0.1, 0.15) is 5.54 Å². The number of likely N-dealkylation sites (N-methyl/N-ethyl adjacent to an activating group) is 1. The highest BCUT2D eigenvalue weighted by Crippen LogP contribution is 2.21. The van der Waals surface area contributed by atoms with Crippen LogP contribution in [0.5, 0.6) is 0 Å². The van der Waals surface area contributed by atoms with Crippen molar-refractivity contribution in [3.05, 3.63) is 35.9 Å². The van der Waals surface area contributed by atoms with Gasteiger partial charge in [-0.15, -0.1) is 0 Å². The smallest absolute Gasteiger partial charge is 0.323 e. The van der Waals surface area contributed by atoms with Crippen LogP contribution < -0.4 is 5.32 Å². The van der Waals surface area contributed by atoms with Gasteiger partial charge < -0.3 is 5.32 Å². The zero-order chi connectivity index (χ0) is 12.5. The Kier molecular flexibility index (Phi) is 2.88. The van der Waals surface area contributed by atoms with Crippen LogP contribution in [0.3, 0.4) is 0 Å². The molecule has 2 rings (SSSR count). The van der Waals surface area contributed by atoms with E-state index in [2.05, 4.69) is 5.32 Å². The van der Waals surface area contributed by atoms with E-state index in [0.717, 1.165) is 11.3 Å². The molecule has 4 nitrogen and oxygen atoms in total. The first kappa shape index (κ1) is 11.6. The first-order chi connectivity index (χ1) is 8.03. The third-order valence-electron chi connectivity index (χ3n) is 3.22. The highest BCUT2D eigenvalue weighted by Gasteiger charge is 2.45. The molecule has 1 unspecified atom stereocenters. The fraction of sp³-hybridized carbons (Fsp3) is 0.385. The van der Waals surface area contributed by atoms with Crippen molar-refractivity contribution < 1.29 is 9.59 Å². The quantitative estimate of drug-likeness (QED) is 0.804. The van der Waals surface area contributed by atoms with Gasteiger partial charge in [0.15, 0.2) is 0 Å². The zero-order valence-electron chi connectivity index (χ0n) is 10.1. The van der Waals surface area contributed by atoms with E-state index >= 15 is 0 Å². The number of imide groups is 1. The lowest BCUT2D eigenvalue weighted by atomic mass is 9.93. The molecular weight excluding hydrogens is 216 g/mol. The Morgan fingerprint density at radius 3 is 2.41 bits per heavy atom. The van der Waals surface area contributed by atoms with Gasteiger partial charge in [-0.1, -0.05) is 30.3 Å². The van der Waals surface area contributed by atoms with Gasteiger partial charge in [0.2, 0.25) is 0 Å². The third-order valence-corrected chi connectivity index (χ3v) is 3.22. The van der Waals surface area contributed by atoms with E-state index in [1.54, 1.807) is 6.92 Å². The molecule has 0 saturated carbocycles. The molecule has 1 aliphatic rings. The zero-order valence-corrected chi connectivity index (χ0v) is 10.1. The van der Waals surface area contributed by atoms with Crippen molar-refractivity contribution in [2.45, 2.75) is 25.3 Å². The molecule has 0 spiro atoms. The lowest BCUT2D eigenvalue weighted by Gasteiger charge is -2.20. The van der Waals surface area contributed by atoms with Crippen molar-refractivity contribution in [3.8, 4) is 0 Å². The molecule has 0 bridgehead atoms. The third kappa shape index (κ3) is 2.16. The number of carbonyl (C=O) groups is 2. The van der Waals surface area contributed by atoms with E-state index < -0.39 is 5.54 Å². The number of nitrogens with zero attached hydrogens (tertiary/aromatic N) is 1. The summed E-state index contributed by atoms with van der Waals surface area (Å²) in [5.41, 5.74) is 0.409. The normalized spacial score (nSPS) is 24.0. The van der Waals surface area contributed by atoms with Gasteiger partial charge in [-0.2, -0.15) is 0 Å². The molecule has 1 saturated heterocycles. The summed E-state index contributed by atoms with van der Waals surface area (Å²) in [6, 6.07) is 9.63. The Morgan fingerprint density at radius 2 is 1.88 bits per heavy atom. The molecule has 0 aliphatic carbocycles. The highest BCUT2D eigenvalue weighted by molar-refractivity contribution is 6.06. The maximum absolute atomic E-state index is 11.9. The minimum atomic E-state index is -0.762. The average molecular weight is 232 g/mol. The van der Waals surface area contributed by atoms with Crippen molar-refractivity contribution in [3.63, 3.8) is 0 Å². The van der Waals surface area contributed by atoms with Crippen LogP contribution in [-0.4, -0.2) is 29.4 Å². The van der Waals surface area contributed by atoms with Crippen LogP contribution in [0.2, 0.25) is 0 Å². The van der Waals surface area contributed by atoms with Crippen LogP contribution in [0.25, 0.3) is 0 Å². The van der Waals surface area contributed by atoms with Gasteiger partial charge >= 0.3 is 6.03 Å². The van der Waals surface area contributed by atoms with E-state index in [4.69, 9.17) is 0 Å². The second kappa shape index (κ2) is 4.20. The van der Waals surface area contributed by atoms with Gasteiger partial charge in [0, 0.05) is 7.05 Å². The van der Waals surface area contributed by atoms with E-state index in [-0.39, 0.29) is 11.9 Å². The summed E-state index contributed by atoms with van der Waals surface area (Å²) < 4.78 is 0.